The first kappa shape index (κ1) is 17.7. The van der Waals surface area contributed by atoms with Gasteiger partial charge in [-0.1, -0.05) is 12.1 Å². The first-order valence-electron chi connectivity index (χ1n) is 8.24. The molecule has 0 saturated carbocycles. The van der Waals surface area contributed by atoms with Crippen LogP contribution in [0.5, 0.6) is 6.01 Å². The summed E-state index contributed by atoms with van der Waals surface area (Å²) in [6.45, 7) is 4.23. The monoisotopic (exact) mass is 351 g/mol. The van der Waals surface area contributed by atoms with Crippen molar-refractivity contribution in [3.63, 3.8) is 0 Å². The summed E-state index contributed by atoms with van der Waals surface area (Å²) in [6.07, 6.45) is 0.929. The van der Waals surface area contributed by atoms with E-state index in [0.717, 1.165) is 49.2 Å². The molecule has 1 aliphatic rings. The number of nitrogens with zero attached hydrogens (tertiary/aromatic N) is 3. The maximum absolute atomic E-state index is 12.6. The Bertz CT molecular complexity index is 678. The zero-order valence-corrected chi connectivity index (χ0v) is 14.0. The van der Waals surface area contributed by atoms with Crippen LogP contribution in [0.25, 0.3) is 0 Å². The molecule has 1 aromatic heterocycles. The molecule has 0 amide bonds. The van der Waals surface area contributed by atoms with E-state index in [4.69, 9.17) is 4.74 Å². The third kappa shape index (κ3) is 4.92. The van der Waals surface area contributed by atoms with Crippen LogP contribution in [0, 0.1) is 6.92 Å². The van der Waals surface area contributed by atoms with Crippen molar-refractivity contribution in [3.8, 4) is 6.01 Å². The Kier molecular flexibility index (Phi) is 5.22. The molecule has 0 bridgehead atoms. The Labute approximate surface area is 144 Å². The lowest BCUT2D eigenvalue weighted by Gasteiger charge is -2.31. The Morgan fingerprint density at radius 1 is 1.08 bits per heavy atom. The van der Waals surface area contributed by atoms with Crippen molar-refractivity contribution in [2.45, 2.75) is 38.6 Å². The number of halogens is 3. The topological polar surface area (TPSA) is 38.2 Å². The van der Waals surface area contributed by atoms with Gasteiger partial charge in [0.1, 0.15) is 6.10 Å². The van der Waals surface area contributed by atoms with Crippen LogP contribution in [0.1, 0.15) is 29.5 Å². The molecule has 1 aromatic carbocycles. The van der Waals surface area contributed by atoms with Gasteiger partial charge in [0.05, 0.1) is 5.56 Å². The highest BCUT2D eigenvalue weighted by molar-refractivity contribution is 5.24. The second-order valence-electron chi connectivity index (χ2n) is 6.33. The fourth-order valence-electron chi connectivity index (χ4n) is 2.83. The standard InChI is InChI=1S/C18H20F3N3O/c1-13-10-22-17(23-11-13)25-16-6-8-24(9-7-16)12-14-2-4-15(5-3-14)18(19,20)21/h2-5,10-11,16H,6-9,12H2,1H3. The van der Waals surface area contributed by atoms with Crippen LogP contribution >= 0.6 is 0 Å². The molecule has 0 radical (unpaired) electrons. The minimum Gasteiger partial charge on any atom is -0.460 e. The van der Waals surface area contributed by atoms with E-state index in [-0.39, 0.29) is 6.10 Å². The van der Waals surface area contributed by atoms with Gasteiger partial charge in [-0.25, -0.2) is 9.97 Å². The van der Waals surface area contributed by atoms with E-state index in [0.29, 0.717) is 12.6 Å². The Morgan fingerprint density at radius 2 is 1.68 bits per heavy atom. The molecule has 0 spiro atoms. The van der Waals surface area contributed by atoms with E-state index in [1.54, 1.807) is 24.5 Å². The molecular weight excluding hydrogens is 331 g/mol. The summed E-state index contributed by atoms with van der Waals surface area (Å²) >= 11 is 0. The molecule has 1 fully saturated rings. The van der Waals surface area contributed by atoms with Crippen LogP contribution < -0.4 is 4.74 Å². The molecule has 1 saturated heterocycles. The number of hydrogen-bond donors (Lipinski definition) is 0. The highest BCUT2D eigenvalue weighted by Gasteiger charge is 2.30. The number of piperidine rings is 1. The fraction of sp³-hybridized carbons (Fsp3) is 0.444. The number of aromatic nitrogens is 2. The van der Waals surface area contributed by atoms with E-state index in [1.807, 2.05) is 6.92 Å². The van der Waals surface area contributed by atoms with Crippen molar-refractivity contribution in [2.75, 3.05) is 13.1 Å². The Balaban J connectivity index is 1.48. The zero-order chi connectivity index (χ0) is 17.9. The molecule has 4 nitrogen and oxygen atoms in total. The van der Waals surface area contributed by atoms with Crippen molar-refractivity contribution < 1.29 is 17.9 Å². The SMILES string of the molecule is Cc1cnc(OC2CCN(Cc3ccc(C(F)(F)F)cc3)CC2)nc1. The van der Waals surface area contributed by atoms with Crippen LogP contribution in [-0.2, 0) is 12.7 Å². The van der Waals surface area contributed by atoms with Crippen molar-refractivity contribution in [2.24, 2.45) is 0 Å². The van der Waals surface area contributed by atoms with Gasteiger partial charge in [-0.2, -0.15) is 13.2 Å². The second kappa shape index (κ2) is 7.39. The van der Waals surface area contributed by atoms with Crippen molar-refractivity contribution in [1.82, 2.24) is 14.9 Å². The van der Waals surface area contributed by atoms with Crippen LogP contribution in [0.4, 0.5) is 13.2 Å². The van der Waals surface area contributed by atoms with Gasteiger partial charge in [0, 0.05) is 32.0 Å². The molecule has 0 atom stereocenters. The predicted octanol–water partition coefficient (Wildman–Crippen LogP) is 3.85. The van der Waals surface area contributed by atoms with Gasteiger partial charge >= 0.3 is 12.2 Å². The summed E-state index contributed by atoms with van der Waals surface area (Å²) < 4.78 is 43.6. The number of alkyl halides is 3. The Hall–Kier alpha value is -2.15. The molecule has 3 rings (SSSR count). The molecule has 25 heavy (non-hydrogen) atoms. The minimum absolute atomic E-state index is 0.0755. The van der Waals surface area contributed by atoms with Crippen molar-refractivity contribution in [1.29, 1.82) is 0 Å². The molecule has 134 valence electrons. The van der Waals surface area contributed by atoms with E-state index in [2.05, 4.69) is 14.9 Å². The molecule has 0 unspecified atom stereocenters. The van der Waals surface area contributed by atoms with Crippen molar-refractivity contribution >= 4 is 0 Å². The summed E-state index contributed by atoms with van der Waals surface area (Å²) in [5, 5.41) is 0. The third-order valence-corrected chi connectivity index (χ3v) is 4.25. The molecule has 7 heteroatoms. The van der Waals surface area contributed by atoms with Crippen LogP contribution in [0.15, 0.2) is 36.7 Å². The van der Waals surface area contributed by atoms with E-state index >= 15 is 0 Å². The zero-order valence-electron chi connectivity index (χ0n) is 14.0. The van der Waals surface area contributed by atoms with E-state index in [9.17, 15) is 13.2 Å². The first-order chi connectivity index (χ1) is 11.9. The number of benzene rings is 1. The van der Waals surface area contributed by atoms with Crippen LogP contribution in [0.3, 0.4) is 0 Å². The lowest BCUT2D eigenvalue weighted by Crippen LogP contribution is -2.38. The molecule has 2 heterocycles. The van der Waals surface area contributed by atoms with Gasteiger partial charge in [-0.15, -0.1) is 0 Å². The average molecular weight is 351 g/mol. The number of aryl methyl sites for hydroxylation is 1. The summed E-state index contributed by atoms with van der Waals surface area (Å²) in [4.78, 5) is 10.5. The highest BCUT2D eigenvalue weighted by Crippen LogP contribution is 2.29. The fourth-order valence-corrected chi connectivity index (χ4v) is 2.83. The van der Waals surface area contributed by atoms with Gasteiger partial charge in [0.25, 0.3) is 0 Å². The van der Waals surface area contributed by atoms with Gasteiger partial charge in [0.15, 0.2) is 0 Å². The minimum atomic E-state index is -4.29. The summed E-state index contributed by atoms with van der Waals surface area (Å²) in [6, 6.07) is 5.77. The maximum Gasteiger partial charge on any atom is 0.416 e. The molecule has 2 aromatic rings. The Morgan fingerprint density at radius 3 is 2.24 bits per heavy atom. The normalized spacial score (nSPS) is 16.8. The number of ether oxygens (including phenoxy) is 1. The highest BCUT2D eigenvalue weighted by atomic mass is 19.4. The molecular formula is C18H20F3N3O. The van der Waals surface area contributed by atoms with Gasteiger partial charge in [0.2, 0.25) is 0 Å². The summed E-state index contributed by atoms with van der Waals surface area (Å²) in [7, 11) is 0. The number of likely N-dealkylation sites (tertiary alicyclic amines) is 1. The van der Waals surface area contributed by atoms with Gasteiger partial charge < -0.3 is 4.74 Å². The molecule has 1 aliphatic heterocycles. The third-order valence-electron chi connectivity index (χ3n) is 4.25. The van der Waals surface area contributed by atoms with Crippen LogP contribution in [-0.4, -0.2) is 34.1 Å². The average Bonchev–Trinajstić information content (AvgIpc) is 2.58. The lowest BCUT2D eigenvalue weighted by atomic mass is 10.1. The first-order valence-corrected chi connectivity index (χ1v) is 8.24. The van der Waals surface area contributed by atoms with Crippen LogP contribution in [0.2, 0.25) is 0 Å². The smallest absolute Gasteiger partial charge is 0.416 e. The molecule has 0 aliphatic carbocycles. The number of hydrogen-bond acceptors (Lipinski definition) is 4. The van der Waals surface area contributed by atoms with Gasteiger partial charge in [-0.3, -0.25) is 4.90 Å². The summed E-state index contributed by atoms with van der Waals surface area (Å²) in [5.41, 5.74) is 1.26. The van der Waals surface area contributed by atoms with E-state index in [1.165, 1.54) is 0 Å². The quantitative estimate of drug-likeness (QED) is 0.839. The largest absolute Gasteiger partial charge is 0.460 e. The summed E-state index contributed by atoms with van der Waals surface area (Å²) in [5.74, 6) is 0. The second-order valence-corrected chi connectivity index (χ2v) is 6.33. The lowest BCUT2D eigenvalue weighted by molar-refractivity contribution is -0.137. The maximum atomic E-state index is 12.6. The molecule has 0 N–H and O–H groups in total. The van der Waals surface area contributed by atoms with E-state index < -0.39 is 11.7 Å². The number of rotatable bonds is 4. The van der Waals surface area contributed by atoms with Gasteiger partial charge in [-0.05, 0) is 43.0 Å². The van der Waals surface area contributed by atoms with Crippen molar-refractivity contribution in [3.05, 3.63) is 53.3 Å². The predicted molar refractivity (Wildman–Crippen MR) is 87.1 cm³/mol.